The Labute approximate surface area is 162 Å². The molecule has 0 heteroatoms. The second-order valence-electron chi connectivity index (χ2n) is 7.33. The van der Waals surface area contributed by atoms with Crippen molar-refractivity contribution in [3.05, 3.63) is 108 Å². The fraction of sp³-hybridized carbons (Fsp3) is 0.111. The van der Waals surface area contributed by atoms with Crippen molar-refractivity contribution in [1.29, 1.82) is 0 Å². The van der Waals surface area contributed by atoms with Crippen molar-refractivity contribution < 1.29 is 0 Å². The zero-order valence-electron chi connectivity index (χ0n) is 16.2. The van der Waals surface area contributed by atoms with Crippen molar-refractivity contribution >= 4 is 0 Å². The maximum atomic E-state index is 2.30. The van der Waals surface area contributed by atoms with Gasteiger partial charge >= 0.3 is 0 Å². The second kappa shape index (κ2) is 7.25. The monoisotopic (exact) mass is 348 g/mol. The third-order valence-corrected chi connectivity index (χ3v) is 5.05. The first-order chi connectivity index (χ1) is 13.1. The molecule has 0 aliphatic carbocycles. The summed E-state index contributed by atoms with van der Waals surface area (Å²) in [6, 6.07) is 33.0. The summed E-state index contributed by atoms with van der Waals surface area (Å²) in [6.07, 6.45) is 0. The van der Waals surface area contributed by atoms with Gasteiger partial charge in [-0.2, -0.15) is 0 Å². The quantitative estimate of drug-likeness (QED) is 0.357. The molecule has 0 saturated carbocycles. The molecule has 0 aliphatic heterocycles. The van der Waals surface area contributed by atoms with Gasteiger partial charge in [-0.05, 0) is 54.2 Å². The van der Waals surface area contributed by atoms with Gasteiger partial charge in [0.05, 0.1) is 0 Å². The van der Waals surface area contributed by atoms with Crippen LogP contribution in [0.4, 0.5) is 0 Å². The number of rotatable bonds is 3. The van der Waals surface area contributed by atoms with Gasteiger partial charge in [0.1, 0.15) is 0 Å². The minimum atomic E-state index is 1.27. The molecule has 0 spiro atoms. The topological polar surface area (TPSA) is 0 Å². The van der Waals surface area contributed by atoms with Crippen LogP contribution in [0.2, 0.25) is 0 Å². The van der Waals surface area contributed by atoms with Gasteiger partial charge in [0.25, 0.3) is 0 Å². The molecule has 4 aromatic rings. The molecule has 4 rings (SSSR count). The first-order valence-electron chi connectivity index (χ1n) is 9.46. The van der Waals surface area contributed by atoms with E-state index < -0.39 is 0 Å². The summed E-state index contributed by atoms with van der Waals surface area (Å²) < 4.78 is 0. The van der Waals surface area contributed by atoms with Gasteiger partial charge in [0, 0.05) is 0 Å². The lowest BCUT2D eigenvalue weighted by molar-refractivity contribution is 1.43. The second-order valence-corrected chi connectivity index (χ2v) is 7.33. The number of benzene rings is 4. The summed E-state index contributed by atoms with van der Waals surface area (Å²) in [5.74, 6) is 0. The first kappa shape index (κ1) is 17.3. The molecule has 0 aromatic heterocycles. The highest BCUT2D eigenvalue weighted by Crippen LogP contribution is 2.38. The normalized spacial score (nSPS) is 10.8. The van der Waals surface area contributed by atoms with Crippen LogP contribution in [0.5, 0.6) is 0 Å². The molecule has 0 N–H and O–H groups in total. The molecule has 132 valence electrons. The molecular formula is C27H24. The molecule has 0 saturated heterocycles. The van der Waals surface area contributed by atoms with Gasteiger partial charge in [-0.3, -0.25) is 0 Å². The molecule has 0 aliphatic rings. The summed E-state index contributed by atoms with van der Waals surface area (Å²) in [5.41, 5.74) is 11.5. The maximum Gasteiger partial charge on any atom is -0.00990 e. The van der Waals surface area contributed by atoms with Crippen LogP contribution in [0.15, 0.2) is 91.0 Å². The van der Waals surface area contributed by atoms with Gasteiger partial charge in [-0.25, -0.2) is 0 Å². The fourth-order valence-electron chi connectivity index (χ4n) is 3.73. The number of hydrogen-bond acceptors (Lipinski definition) is 0. The van der Waals surface area contributed by atoms with E-state index in [1.54, 1.807) is 0 Å². The maximum absolute atomic E-state index is 2.30. The molecule has 0 amide bonds. The van der Waals surface area contributed by atoms with Crippen LogP contribution in [0.3, 0.4) is 0 Å². The Morgan fingerprint density at radius 2 is 0.889 bits per heavy atom. The Bertz CT molecular complexity index is 1100. The molecule has 0 bridgehead atoms. The molecule has 0 atom stereocenters. The standard InChI is InChI=1S/C27H24/c1-19-8-6-10-22(16-19)24-12-4-5-13-25(24)26-15-14-21(3)18-27(26)23-11-7-9-20(2)17-23/h4-18H,1-3H3. The van der Waals surface area contributed by atoms with Crippen molar-refractivity contribution in [2.45, 2.75) is 20.8 Å². The highest BCUT2D eigenvalue weighted by atomic mass is 14.2. The van der Waals surface area contributed by atoms with Crippen LogP contribution in [-0.2, 0) is 0 Å². The summed E-state index contributed by atoms with van der Waals surface area (Å²) in [5, 5.41) is 0. The summed E-state index contributed by atoms with van der Waals surface area (Å²) >= 11 is 0. The first-order valence-corrected chi connectivity index (χ1v) is 9.46. The van der Waals surface area contributed by atoms with Crippen LogP contribution in [0, 0.1) is 20.8 Å². The van der Waals surface area contributed by atoms with E-state index in [0.29, 0.717) is 0 Å². The zero-order chi connectivity index (χ0) is 18.8. The van der Waals surface area contributed by atoms with E-state index in [-0.39, 0.29) is 0 Å². The molecule has 0 heterocycles. The average Bonchev–Trinajstić information content (AvgIpc) is 2.68. The van der Waals surface area contributed by atoms with Crippen LogP contribution in [0.1, 0.15) is 16.7 Å². The van der Waals surface area contributed by atoms with E-state index in [4.69, 9.17) is 0 Å². The zero-order valence-corrected chi connectivity index (χ0v) is 16.2. The smallest absolute Gasteiger partial charge is 0.00990 e. The summed E-state index contributed by atoms with van der Waals surface area (Å²) in [4.78, 5) is 0. The Hall–Kier alpha value is -3.12. The largest absolute Gasteiger partial charge is 0.0616 e. The van der Waals surface area contributed by atoms with E-state index >= 15 is 0 Å². The van der Waals surface area contributed by atoms with Gasteiger partial charge in [-0.1, -0.05) is 108 Å². The Kier molecular flexibility index (Phi) is 4.64. The van der Waals surface area contributed by atoms with Gasteiger partial charge in [0.2, 0.25) is 0 Å². The molecule has 0 unspecified atom stereocenters. The third-order valence-electron chi connectivity index (χ3n) is 5.05. The molecular weight excluding hydrogens is 324 g/mol. The lowest BCUT2D eigenvalue weighted by atomic mass is 9.88. The minimum absolute atomic E-state index is 1.27. The number of aryl methyl sites for hydroxylation is 3. The van der Waals surface area contributed by atoms with E-state index in [1.807, 2.05) is 0 Å². The Balaban J connectivity index is 1.96. The van der Waals surface area contributed by atoms with Crippen molar-refractivity contribution in [2.24, 2.45) is 0 Å². The number of hydrogen-bond donors (Lipinski definition) is 0. The summed E-state index contributed by atoms with van der Waals surface area (Å²) in [6.45, 7) is 6.46. The van der Waals surface area contributed by atoms with E-state index in [2.05, 4.69) is 112 Å². The lowest BCUT2D eigenvalue weighted by Gasteiger charge is -2.16. The van der Waals surface area contributed by atoms with Crippen molar-refractivity contribution in [3.63, 3.8) is 0 Å². The predicted molar refractivity (Wildman–Crippen MR) is 117 cm³/mol. The molecule has 0 radical (unpaired) electrons. The predicted octanol–water partition coefficient (Wildman–Crippen LogP) is 7.61. The fourth-order valence-corrected chi connectivity index (χ4v) is 3.73. The van der Waals surface area contributed by atoms with E-state index in [0.717, 1.165) is 0 Å². The molecule has 0 fully saturated rings. The SMILES string of the molecule is Cc1cccc(-c2ccccc2-c2ccc(C)cc2-c2cccc(C)c2)c1. The highest BCUT2D eigenvalue weighted by molar-refractivity contribution is 5.92. The van der Waals surface area contributed by atoms with E-state index in [9.17, 15) is 0 Å². The third kappa shape index (κ3) is 3.57. The molecule has 27 heavy (non-hydrogen) atoms. The van der Waals surface area contributed by atoms with Crippen molar-refractivity contribution in [3.8, 4) is 33.4 Å². The Morgan fingerprint density at radius 3 is 1.52 bits per heavy atom. The van der Waals surface area contributed by atoms with Crippen molar-refractivity contribution in [1.82, 2.24) is 0 Å². The van der Waals surface area contributed by atoms with Crippen LogP contribution < -0.4 is 0 Å². The van der Waals surface area contributed by atoms with Gasteiger partial charge < -0.3 is 0 Å². The van der Waals surface area contributed by atoms with Crippen LogP contribution in [0.25, 0.3) is 33.4 Å². The minimum Gasteiger partial charge on any atom is -0.0616 e. The Morgan fingerprint density at radius 1 is 0.370 bits per heavy atom. The van der Waals surface area contributed by atoms with Crippen LogP contribution >= 0.6 is 0 Å². The van der Waals surface area contributed by atoms with Gasteiger partial charge in [-0.15, -0.1) is 0 Å². The van der Waals surface area contributed by atoms with Gasteiger partial charge in [0.15, 0.2) is 0 Å². The van der Waals surface area contributed by atoms with Crippen molar-refractivity contribution in [2.75, 3.05) is 0 Å². The average molecular weight is 348 g/mol. The van der Waals surface area contributed by atoms with E-state index in [1.165, 1.54) is 50.1 Å². The molecule has 0 nitrogen and oxygen atoms in total. The molecule has 4 aromatic carbocycles. The van der Waals surface area contributed by atoms with Crippen LogP contribution in [-0.4, -0.2) is 0 Å². The summed E-state index contributed by atoms with van der Waals surface area (Å²) in [7, 11) is 0. The lowest BCUT2D eigenvalue weighted by Crippen LogP contribution is -1.91. The highest BCUT2D eigenvalue weighted by Gasteiger charge is 2.13.